The third-order valence-electron chi connectivity index (χ3n) is 4.03. The van der Waals surface area contributed by atoms with Crippen molar-refractivity contribution in [3.05, 3.63) is 35.5 Å². The molecule has 0 atom stereocenters. The molecule has 0 spiro atoms. The van der Waals surface area contributed by atoms with Crippen LogP contribution in [0.25, 0.3) is 0 Å². The quantitative estimate of drug-likeness (QED) is 0.208. The standard InChI is InChI=1S/C18H29N2O5PS2/c1-5-23-26(27,24-6-2)11-9-20-28-13-19-17(21)25-16-15-14(8-7-10-22-15)12-18(16,3)4/h7-8,10,20H,5-6,9,11-13H2,1-4H3,(H,19,21). The smallest absolute Gasteiger partial charge is 0.413 e. The summed E-state index contributed by atoms with van der Waals surface area (Å²) < 4.78 is 25.5. The molecule has 0 aromatic heterocycles. The molecule has 2 N–H and O–H groups in total. The molecule has 2 aliphatic rings. The molecule has 2 rings (SSSR count). The first-order chi connectivity index (χ1) is 13.3. The van der Waals surface area contributed by atoms with Gasteiger partial charge in [0.25, 0.3) is 0 Å². The molecule has 1 heterocycles. The summed E-state index contributed by atoms with van der Waals surface area (Å²) >= 11 is 6.84. The van der Waals surface area contributed by atoms with Gasteiger partial charge in [-0.05, 0) is 43.7 Å². The first kappa shape index (κ1) is 23.4. The highest BCUT2D eigenvalue weighted by atomic mass is 32.5. The number of allylic oxidation sites excluding steroid dienone is 4. The zero-order valence-electron chi connectivity index (χ0n) is 16.8. The monoisotopic (exact) mass is 448 g/mol. The second-order valence-corrected chi connectivity index (χ2v) is 11.5. The molecule has 0 radical (unpaired) electrons. The number of carbonyl (C=O) groups is 1. The molecule has 1 amide bonds. The van der Waals surface area contributed by atoms with Crippen molar-refractivity contribution in [2.24, 2.45) is 5.41 Å². The number of ether oxygens (including phenoxy) is 2. The summed E-state index contributed by atoms with van der Waals surface area (Å²) in [4.78, 5) is 12.2. The van der Waals surface area contributed by atoms with Gasteiger partial charge >= 0.3 is 6.09 Å². The Bertz CT molecular complexity index is 696. The van der Waals surface area contributed by atoms with E-state index in [9.17, 15) is 4.79 Å². The van der Waals surface area contributed by atoms with Crippen LogP contribution in [0.3, 0.4) is 0 Å². The van der Waals surface area contributed by atoms with E-state index < -0.39 is 12.6 Å². The van der Waals surface area contributed by atoms with E-state index in [1.54, 1.807) is 6.26 Å². The highest BCUT2D eigenvalue weighted by molar-refractivity contribution is 8.09. The van der Waals surface area contributed by atoms with Gasteiger partial charge in [0.1, 0.15) is 0 Å². The van der Waals surface area contributed by atoms with Crippen LogP contribution in [-0.2, 0) is 30.3 Å². The number of fused-ring (bicyclic) bond motifs is 1. The van der Waals surface area contributed by atoms with Gasteiger partial charge in [-0.25, -0.2) is 4.79 Å². The second-order valence-electron chi connectivity index (χ2n) is 6.78. The second kappa shape index (κ2) is 10.8. The maximum Gasteiger partial charge on any atom is 0.413 e. The van der Waals surface area contributed by atoms with Crippen molar-refractivity contribution < 1.29 is 23.3 Å². The largest absolute Gasteiger partial charge is 0.461 e. The van der Waals surface area contributed by atoms with Crippen molar-refractivity contribution in [1.82, 2.24) is 10.0 Å². The number of carbonyl (C=O) groups excluding carboxylic acids is 1. The summed E-state index contributed by atoms with van der Waals surface area (Å²) in [5.74, 6) is 1.57. The molecular weight excluding hydrogens is 419 g/mol. The maximum absolute atomic E-state index is 12.2. The van der Waals surface area contributed by atoms with E-state index >= 15 is 0 Å². The lowest BCUT2D eigenvalue weighted by Crippen LogP contribution is -2.28. The van der Waals surface area contributed by atoms with Crippen LogP contribution >= 0.6 is 18.4 Å². The molecule has 1 aliphatic carbocycles. The Morgan fingerprint density at radius 3 is 2.75 bits per heavy atom. The predicted molar refractivity (Wildman–Crippen MR) is 116 cm³/mol. The van der Waals surface area contributed by atoms with E-state index in [1.165, 1.54) is 11.9 Å². The van der Waals surface area contributed by atoms with Gasteiger partial charge in [-0.15, -0.1) is 0 Å². The number of alkyl carbamates (subject to hydrolysis) is 1. The van der Waals surface area contributed by atoms with E-state index in [4.69, 9.17) is 30.3 Å². The van der Waals surface area contributed by atoms with Crippen LogP contribution in [0.2, 0.25) is 0 Å². The summed E-state index contributed by atoms with van der Waals surface area (Å²) in [6, 6.07) is 0. The van der Waals surface area contributed by atoms with Crippen LogP contribution in [0.5, 0.6) is 0 Å². The summed E-state index contributed by atoms with van der Waals surface area (Å²) in [6.07, 6.45) is 6.33. The average Bonchev–Trinajstić information content (AvgIpc) is 2.88. The highest BCUT2D eigenvalue weighted by Gasteiger charge is 2.40. The highest BCUT2D eigenvalue weighted by Crippen LogP contribution is 2.48. The van der Waals surface area contributed by atoms with E-state index in [0.717, 1.165) is 12.0 Å². The van der Waals surface area contributed by atoms with E-state index in [2.05, 4.69) is 10.0 Å². The average molecular weight is 449 g/mol. The van der Waals surface area contributed by atoms with Gasteiger partial charge in [0.2, 0.25) is 0 Å². The lowest BCUT2D eigenvalue weighted by molar-refractivity contribution is 0.148. The van der Waals surface area contributed by atoms with Gasteiger partial charge in [0, 0.05) is 18.1 Å². The first-order valence-electron chi connectivity index (χ1n) is 9.27. The fourth-order valence-electron chi connectivity index (χ4n) is 2.89. The van der Waals surface area contributed by atoms with Crippen molar-refractivity contribution in [2.45, 2.75) is 34.1 Å². The molecule has 0 unspecified atom stereocenters. The SMILES string of the molecule is CCOP(=S)(CCNSCNC(=O)OC1=C2OC=CC=C2CC1(C)C)OCC. The zero-order valence-corrected chi connectivity index (χ0v) is 19.3. The van der Waals surface area contributed by atoms with Crippen molar-refractivity contribution in [2.75, 3.05) is 31.8 Å². The van der Waals surface area contributed by atoms with Crippen molar-refractivity contribution in [3.63, 3.8) is 0 Å². The molecule has 0 saturated carbocycles. The minimum absolute atomic E-state index is 0.287. The number of hydrogen-bond donors (Lipinski definition) is 2. The van der Waals surface area contributed by atoms with Crippen LogP contribution in [0.15, 0.2) is 35.5 Å². The molecule has 1 aliphatic heterocycles. The summed E-state index contributed by atoms with van der Waals surface area (Å²) in [7, 11) is 0. The van der Waals surface area contributed by atoms with Gasteiger partial charge in [-0.3, -0.25) is 4.72 Å². The molecule has 0 saturated heterocycles. The van der Waals surface area contributed by atoms with E-state index in [0.29, 0.717) is 43.3 Å². The molecular formula is C18H29N2O5PS2. The molecule has 0 bridgehead atoms. The first-order valence-corrected chi connectivity index (χ1v) is 13.1. The Morgan fingerprint density at radius 2 is 2.07 bits per heavy atom. The van der Waals surface area contributed by atoms with Gasteiger partial charge in [-0.1, -0.05) is 31.9 Å². The maximum atomic E-state index is 12.2. The Labute approximate surface area is 176 Å². The molecule has 7 nitrogen and oxygen atoms in total. The molecule has 10 heteroatoms. The summed E-state index contributed by atoms with van der Waals surface area (Å²) in [5, 5.41) is 2.72. The predicted octanol–water partition coefficient (Wildman–Crippen LogP) is 4.40. The van der Waals surface area contributed by atoms with E-state index in [1.807, 2.05) is 39.8 Å². The fourth-order valence-corrected chi connectivity index (χ4v) is 5.99. The summed E-state index contributed by atoms with van der Waals surface area (Å²) in [6.45, 7) is 7.38. The van der Waals surface area contributed by atoms with Gasteiger partial charge in [0.05, 0.1) is 25.4 Å². The van der Waals surface area contributed by atoms with Crippen LogP contribution in [0.1, 0.15) is 34.1 Å². The van der Waals surface area contributed by atoms with Gasteiger partial charge < -0.3 is 23.8 Å². The Kier molecular flexibility index (Phi) is 9.05. The number of nitrogens with one attached hydrogen (secondary N) is 2. The topological polar surface area (TPSA) is 78.1 Å². The van der Waals surface area contributed by atoms with Gasteiger partial charge in [0.15, 0.2) is 18.0 Å². The number of hydrogen-bond acceptors (Lipinski definition) is 8. The number of amides is 1. The fraction of sp³-hybridized carbons (Fsp3) is 0.611. The molecule has 28 heavy (non-hydrogen) atoms. The summed E-state index contributed by atoms with van der Waals surface area (Å²) in [5.41, 5.74) is 0.760. The third-order valence-corrected chi connectivity index (χ3v) is 7.98. The minimum atomic E-state index is -2.22. The van der Waals surface area contributed by atoms with Crippen molar-refractivity contribution in [1.29, 1.82) is 0 Å². The van der Waals surface area contributed by atoms with E-state index in [-0.39, 0.29) is 5.41 Å². The van der Waals surface area contributed by atoms with Crippen LogP contribution in [0, 0.1) is 5.41 Å². The molecule has 0 fully saturated rings. The Hall–Kier alpha value is -0.830. The number of rotatable bonds is 11. The normalized spacial score (nSPS) is 17.8. The minimum Gasteiger partial charge on any atom is -0.461 e. The van der Waals surface area contributed by atoms with Crippen molar-refractivity contribution in [3.8, 4) is 0 Å². The van der Waals surface area contributed by atoms with Crippen LogP contribution in [-0.4, -0.2) is 37.9 Å². The van der Waals surface area contributed by atoms with Crippen LogP contribution in [0.4, 0.5) is 4.79 Å². The molecule has 158 valence electrons. The zero-order chi connectivity index (χ0) is 20.6. The Morgan fingerprint density at radius 1 is 1.36 bits per heavy atom. The van der Waals surface area contributed by atoms with Crippen LogP contribution < -0.4 is 10.0 Å². The molecule has 0 aromatic rings. The molecule has 0 aromatic carbocycles. The lowest BCUT2D eigenvalue weighted by atomic mass is 9.90. The lowest BCUT2D eigenvalue weighted by Gasteiger charge is -2.21. The van der Waals surface area contributed by atoms with Crippen molar-refractivity contribution >= 4 is 36.3 Å². The Balaban J connectivity index is 1.71. The van der Waals surface area contributed by atoms with Gasteiger partial charge in [-0.2, -0.15) is 0 Å². The third kappa shape index (κ3) is 6.61.